The number of carboxylic acid groups (broad SMARTS) is 1. The highest BCUT2D eigenvalue weighted by Gasteiger charge is 2.29. The molecule has 16 nitrogen and oxygen atoms in total. The lowest BCUT2D eigenvalue weighted by Crippen LogP contribution is -2.32. The van der Waals surface area contributed by atoms with Gasteiger partial charge in [0.2, 0.25) is 5.91 Å². The highest BCUT2D eigenvalue weighted by atomic mass is 16.6. The first-order chi connectivity index (χ1) is 28.0. The molecule has 0 radical (unpaired) electrons. The Kier molecular flexibility index (Phi) is 26.2. The monoisotopic (exact) mass is 806 g/mol. The van der Waals surface area contributed by atoms with Crippen LogP contribution in [-0.4, -0.2) is 174 Å². The van der Waals surface area contributed by atoms with Crippen LogP contribution in [-0.2, 0) is 57.0 Å². The highest BCUT2D eigenvalue weighted by molar-refractivity contribution is 5.80. The van der Waals surface area contributed by atoms with Gasteiger partial charge in [-0.05, 0) is 28.7 Å². The summed E-state index contributed by atoms with van der Waals surface area (Å²) >= 11 is 0. The first kappa shape index (κ1) is 47.7. The van der Waals surface area contributed by atoms with Gasteiger partial charge < -0.3 is 62.7 Å². The van der Waals surface area contributed by atoms with Crippen LogP contribution in [0.1, 0.15) is 36.3 Å². The van der Waals surface area contributed by atoms with Crippen LogP contribution in [0.2, 0.25) is 0 Å². The summed E-state index contributed by atoms with van der Waals surface area (Å²) < 4.78 is 55.1. The average molecular weight is 807 g/mol. The Hall–Kier alpha value is -3.71. The van der Waals surface area contributed by atoms with Crippen LogP contribution >= 0.6 is 0 Å². The van der Waals surface area contributed by atoms with Crippen LogP contribution in [0.15, 0.2) is 48.5 Å². The number of likely N-dealkylation sites (N-methyl/N-ethyl adjacent to an activating group) is 1. The number of carbonyl (C=O) groups is 3. The van der Waals surface area contributed by atoms with E-state index in [4.69, 9.17) is 52.5 Å². The quantitative estimate of drug-likeness (QED) is 0.0958. The number of hydrogen-bond acceptors (Lipinski definition) is 13. The number of fused-ring (bicyclic) bond motifs is 3. The van der Waals surface area contributed by atoms with Gasteiger partial charge in [-0.3, -0.25) is 9.59 Å². The maximum Gasteiger partial charge on any atom is 0.409 e. The molecule has 2 aromatic rings. The van der Waals surface area contributed by atoms with Crippen molar-refractivity contribution in [1.82, 2.24) is 10.2 Å². The van der Waals surface area contributed by atoms with Gasteiger partial charge in [0.1, 0.15) is 6.61 Å². The smallest absolute Gasteiger partial charge is 0.409 e. The third kappa shape index (κ3) is 21.6. The molecule has 320 valence electrons. The van der Waals surface area contributed by atoms with Crippen LogP contribution in [0.3, 0.4) is 0 Å². The molecule has 0 aliphatic heterocycles. The van der Waals surface area contributed by atoms with Crippen molar-refractivity contribution in [2.75, 3.05) is 146 Å². The van der Waals surface area contributed by atoms with Crippen LogP contribution in [0.25, 0.3) is 11.1 Å². The molecule has 0 saturated carbocycles. The second-order valence-electron chi connectivity index (χ2n) is 12.8. The molecule has 1 aliphatic carbocycles. The van der Waals surface area contributed by atoms with Crippen molar-refractivity contribution in [2.24, 2.45) is 0 Å². The third-order valence-electron chi connectivity index (χ3n) is 8.55. The zero-order valence-electron chi connectivity index (χ0n) is 33.4. The predicted molar refractivity (Wildman–Crippen MR) is 210 cm³/mol. The van der Waals surface area contributed by atoms with Crippen molar-refractivity contribution >= 4 is 18.0 Å². The van der Waals surface area contributed by atoms with Crippen molar-refractivity contribution in [1.29, 1.82) is 0 Å². The van der Waals surface area contributed by atoms with Gasteiger partial charge in [-0.2, -0.15) is 0 Å². The Morgan fingerprint density at radius 2 is 0.947 bits per heavy atom. The molecular formula is C41H62N2O14. The number of benzene rings is 2. The van der Waals surface area contributed by atoms with Crippen molar-refractivity contribution in [3.8, 4) is 11.1 Å². The first-order valence-electron chi connectivity index (χ1n) is 19.7. The molecule has 2 aromatic carbocycles. The van der Waals surface area contributed by atoms with Crippen LogP contribution in [0, 0.1) is 0 Å². The summed E-state index contributed by atoms with van der Waals surface area (Å²) in [7, 11) is 1.71. The summed E-state index contributed by atoms with van der Waals surface area (Å²) in [5.41, 5.74) is 4.77. The van der Waals surface area contributed by atoms with Crippen molar-refractivity contribution < 1.29 is 66.9 Å². The number of amides is 2. The lowest BCUT2D eigenvalue weighted by molar-refractivity contribution is -0.138. The second kappa shape index (κ2) is 31.3. The normalized spacial score (nSPS) is 12.0. The third-order valence-corrected chi connectivity index (χ3v) is 8.55. The van der Waals surface area contributed by atoms with E-state index in [-0.39, 0.29) is 30.8 Å². The van der Waals surface area contributed by atoms with E-state index in [9.17, 15) is 14.4 Å². The summed E-state index contributed by atoms with van der Waals surface area (Å²) in [6.45, 7) is 9.32. The zero-order valence-corrected chi connectivity index (χ0v) is 33.4. The number of ether oxygens (including phenoxy) is 10. The number of hydrogen-bond donors (Lipinski definition) is 2. The minimum absolute atomic E-state index is 0.0148. The Morgan fingerprint density at radius 1 is 0.561 bits per heavy atom. The summed E-state index contributed by atoms with van der Waals surface area (Å²) in [6, 6.07) is 16.5. The highest BCUT2D eigenvalue weighted by Crippen LogP contribution is 2.44. The van der Waals surface area contributed by atoms with Gasteiger partial charge in [0.25, 0.3) is 0 Å². The lowest BCUT2D eigenvalue weighted by atomic mass is 9.98. The molecule has 0 spiro atoms. The maximum absolute atomic E-state index is 12.6. The van der Waals surface area contributed by atoms with Gasteiger partial charge in [-0.25, -0.2) is 4.79 Å². The molecule has 0 aromatic heterocycles. The topological polar surface area (TPSA) is 179 Å². The number of nitrogens with zero attached hydrogens (tertiary/aromatic N) is 1. The molecule has 2 amide bonds. The van der Waals surface area contributed by atoms with E-state index < -0.39 is 5.97 Å². The number of rotatable bonds is 36. The molecular weight excluding hydrogens is 744 g/mol. The molecule has 0 bridgehead atoms. The summed E-state index contributed by atoms with van der Waals surface area (Å²) in [4.78, 5) is 36.0. The molecule has 57 heavy (non-hydrogen) atoms. The summed E-state index contributed by atoms with van der Waals surface area (Å²) in [5, 5.41) is 11.2. The van der Waals surface area contributed by atoms with Crippen molar-refractivity contribution in [3.63, 3.8) is 0 Å². The molecule has 0 heterocycles. The number of aliphatic carboxylic acids is 1. The van der Waals surface area contributed by atoms with E-state index in [0.717, 1.165) is 0 Å². The van der Waals surface area contributed by atoms with E-state index in [1.165, 1.54) is 27.2 Å². The molecule has 3 rings (SSSR count). The minimum Gasteiger partial charge on any atom is -0.481 e. The predicted octanol–water partition coefficient (Wildman–Crippen LogP) is 3.39. The van der Waals surface area contributed by atoms with E-state index in [1.807, 2.05) is 24.3 Å². The Morgan fingerprint density at radius 3 is 1.37 bits per heavy atom. The van der Waals surface area contributed by atoms with Gasteiger partial charge in [0, 0.05) is 39.1 Å². The van der Waals surface area contributed by atoms with E-state index in [2.05, 4.69) is 29.6 Å². The maximum atomic E-state index is 12.6. The molecule has 0 unspecified atom stereocenters. The molecule has 0 saturated heterocycles. The Balaban J connectivity index is 0.965. The van der Waals surface area contributed by atoms with Gasteiger partial charge in [-0.1, -0.05) is 48.5 Å². The van der Waals surface area contributed by atoms with Crippen molar-refractivity contribution in [2.45, 2.75) is 25.2 Å². The Labute approximate surface area is 336 Å². The zero-order chi connectivity index (χ0) is 40.6. The minimum atomic E-state index is -0.986. The number of carboxylic acids is 1. The van der Waals surface area contributed by atoms with Gasteiger partial charge in [0.05, 0.1) is 119 Å². The van der Waals surface area contributed by atoms with Gasteiger partial charge in [0.15, 0.2) is 0 Å². The largest absolute Gasteiger partial charge is 0.481 e. The van der Waals surface area contributed by atoms with Gasteiger partial charge >= 0.3 is 12.1 Å². The van der Waals surface area contributed by atoms with E-state index in [1.54, 1.807) is 7.05 Å². The number of carbonyl (C=O) groups excluding carboxylic acids is 2. The van der Waals surface area contributed by atoms with Crippen molar-refractivity contribution in [3.05, 3.63) is 59.7 Å². The van der Waals surface area contributed by atoms with Gasteiger partial charge in [-0.15, -0.1) is 0 Å². The van der Waals surface area contributed by atoms with E-state index in [0.29, 0.717) is 145 Å². The van der Waals surface area contributed by atoms with Crippen LogP contribution in [0.4, 0.5) is 4.79 Å². The fourth-order valence-corrected chi connectivity index (χ4v) is 5.57. The second-order valence-corrected chi connectivity index (χ2v) is 12.8. The fourth-order valence-electron chi connectivity index (χ4n) is 5.57. The average Bonchev–Trinajstić information content (AvgIpc) is 3.54. The van der Waals surface area contributed by atoms with E-state index >= 15 is 0 Å². The molecule has 2 N–H and O–H groups in total. The lowest BCUT2D eigenvalue weighted by Gasteiger charge is -2.19. The summed E-state index contributed by atoms with van der Waals surface area (Å²) in [5.74, 6) is -1.23. The molecule has 0 atom stereocenters. The number of nitrogens with one attached hydrogen (secondary N) is 1. The standard InChI is InChI=1S/C41H62N2O14/c1-43(41(47)57-33-38-36-9-4-2-7-34(36)35-8-3-5-10-37(35)38)14-16-49-18-20-51-22-24-53-26-28-55-30-32-56-31-29-54-27-25-52-23-21-50-19-17-48-15-6-13-42-39(44)11-12-40(45)46/h2-5,7-10,38H,6,11-33H2,1H3,(H,42,44)(H,45,46). The fraction of sp³-hybridized carbons (Fsp3) is 0.634. The molecule has 16 heteroatoms. The summed E-state index contributed by atoms with van der Waals surface area (Å²) in [6.07, 6.45) is 0.0904. The van der Waals surface area contributed by atoms with Crippen LogP contribution < -0.4 is 5.32 Å². The molecule has 1 aliphatic rings. The Bertz CT molecular complexity index is 1340. The van der Waals surface area contributed by atoms with Crippen LogP contribution in [0.5, 0.6) is 0 Å². The first-order valence-corrected chi connectivity index (χ1v) is 19.7. The SMILES string of the molecule is CN(CCOCCOCCOCCOCCOCCOCCOCCOCCOCCCNC(=O)CCC(=O)O)C(=O)OCC1c2ccccc2-c2ccccc21. The molecule has 0 fully saturated rings.